The number of hydrogen-bond acceptors (Lipinski definition) is 4. The number of imidazole rings is 1. The van der Waals surface area contributed by atoms with Crippen molar-refractivity contribution in [3.05, 3.63) is 66.0 Å². The summed E-state index contributed by atoms with van der Waals surface area (Å²) in [5.41, 5.74) is 2.94. The molecule has 0 unspecified atom stereocenters. The van der Waals surface area contributed by atoms with Crippen LogP contribution in [0.15, 0.2) is 54.6 Å². The van der Waals surface area contributed by atoms with E-state index >= 15 is 0 Å². The lowest BCUT2D eigenvalue weighted by Gasteiger charge is -2.17. The van der Waals surface area contributed by atoms with Crippen LogP contribution in [0.2, 0.25) is 0 Å². The number of benzene rings is 2. The van der Waals surface area contributed by atoms with Crippen molar-refractivity contribution < 1.29 is 4.79 Å². The summed E-state index contributed by atoms with van der Waals surface area (Å²) in [5, 5.41) is 3.98. The van der Waals surface area contributed by atoms with Gasteiger partial charge in [0.2, 0.25) is 5.91 Å². The molecule has 1 saturated heterocycles. The molecule has 1 aromatic heterocycles. The first-order valence-corrected chi connectivity index (χ1v) is 12.2. The second kappa shape index (κ2) is 9.52. The highest BCUT2D eigenvalue weighted by molar-refractivity contribution is 8.77. The molecule has 1 aliphatic rings. The SMILES string of the molecule is O=C(CCCC[C@@H]1CCSS1)N[C@@H](c1ccccc1)c1nc2ccccc2[nH]1. The number of para-hydroxylation sites is 2. The summed E-state index contributed by atoms with van der Waals surface area (Å²) in [4.78, 5) is 20.7. The molecule has 6 heteroatoms. The molecule has 4 nitrogen and oxygen atoms in total. The number of H-pyrrole nitrogens is 1. The van der Waals surface area contributed by atoms with Crippen LogP contribution in [-0.4, -0.2) is 26.9 Å². The third-order valence-corrected chi connectivity index (χ3v) is 8.03. The Labute approximate surface area is 173 Å². The van der Waals surface area contributed by atoms with Crippen molar-refractivity contribution in [3.8, 4) is 0 Å². The Balaban J connectivity index is 1.41. The van der Waals surface area contributed by atoms with Crippen LogP contribution in [0, 0.1) is 0 Å². The minimum Gasteiger partial charge on any atom is -0.342 e. The van der Waals surface area contributed by atoms with Crippen molar-refractivity contribution in [1.29, 1.82) is 0 Å². The van der Waals surface area contributed by atoms with Gasteiger partial charge in [-0.3, -0.25) is 4.79 Å². The smallest absolute Gasteiger partial charge is 0.220 e. The summed E-state index contributed by atoms with van der Waals surface area (Å²) in [7, 11) is 3.99. The topological polar surface area (TPSA) is 57.8 Å². The van der Waals surface area contributed by atoms with E-state index < -0.39 is 0 Å². The molecule has 3 aromatic rings. The van der Waals surface area contributed by atoms with Gasteiger partial charge in [0.15, 0.2) is 0 Å². The third-order valence-electron chi connectivity index (χ3n) is 5.03. The first-order valence-electron chi connectivity index (χ1n) is 9.87. The molecule has 1 amide bonds. The lowest BCUT2D eigenvalue weighted by Crippen LogP contribution is -2.29. The van der Waals surface area contributed by atoms with E-state index in [4.69, 9.17) is 4.98 Å². The van der Waals surface area contributed by atoms with Crippen LogP contribution < -0.4 is 5.32 Å². The van der Waals surface area contributed by atoms with E-state index in [1.54, 1.807) is 0 Å². The van der Waals surface area contributed by atoms with Crippen molar-refractivity contribution in [1.82, 2.24) is 15.3 Å². The van der Waals surface area contributed by atoms with E-state index in [9.17, 15) is 4.79 Å². The minimum atomic E-state index is -0.261. The molecule has 0 radical (unpaired) electrons. The summed E-state index contributed by atoms with van der Waals surface area (Å²) in [6, 6.07) is 17.7. The van der Waals surface area contributed by atoms with Crippen LogP contribution in [0.4, 0.5) is 0 Å². The van der Waals surface area contributed by atoms with Crippen LogP contribution in [0.25, 0.3) is 11.0 Å². The van der Waals surface area contributed by atoms with Gasteiger partial charge >= 0.3 is 0 Å². The van der Waals surface area contributed by atoms with Crippen molar-refractivity contribution in [2.45, 2.75) is 43.4 Å². The zero-order chi connectivity index (χ0) is 19.2. The molecule has 2 aromatic carbocycles. The fourth-order valence-electron chi connectivity index (χ4n) is 3.52. The van der Waals surface area contributed by atoms with E-state index in [1.165, 1.54) is 18.6 Å². The Bertz CT molecular complexity index is 873. The predicted octanol–water partition coefficient (Wildman–Crippen LogP) is 5.48. The fraction of sp³-hybridized carbons (Fsp3) is 0.364. The van der Waals surface area contributed by atoms with Crippen LogP contribution in [-0.2, 0) is 4.79 Å². The fourth-order valence-corrected chi connectivity index (χ4v) is 6.55. The van der Waals surface area contributed by atoms with Crippen molar-refractivity contribution in [2.24, 2.45) is 0 Å². The zero-order valence-electron chi connectivity index (χ0n) is 15.8. The molecule has 0 aliphatic carbocycles. The van der Waals surface area contributed by atoms with Gasteiger partial charge in [0.25, 0.3) is 0 Å². The van der Waals surface area contributed by atoms with Gasteiger partial charge in [-0.2, -0.15) is 0 Å². The number of fused-ring (bicyclic) bond motifs is 1. The molecular weight excluding hydrogens is 386 g/mol. The molecular formula is C22H25N3OS2. The molecule has 2 atom stereocenters. The Morgan fingerprint density at radius 2 is 1.96 bits per heavy atom. The van der Waals surface area contributed by atoms with Crippen LogP contribution in [0.1, 0.15) is 49.5 Å². The number of carbonyl (C=O) groups is 1. The molecule has 0 saturated carbocycles. The maximum Gasteiger partial charge on any atom is 0.220 e. The second-order valence-electron chi connectivity index (χ2n) is 7.13. The van der Waals surface area contributed by atoms with Gasteiger partial charge in [0.05, 0.1) is 11.0 Å². The highest BCUT2D eigenvalue weighted by atomic mass is 33.1. The zero-order valence-corrected chi connectivity index (χ0v) is 17.4. The molecule has 4 rings (SSSR count). The van der Waals surface area contributed by atoms with Crippen LogP contribution >= 0.6 is 21.6 Å². The van der Waals surface area contributed by atoms with Gasteiger partial charge in [-0.1, -0.05) is 70.5 Å². The number of aromatic nitrogens is 2. The number of nitrogens with zero attached hydrogens (tertiary/aromatic N) is 1. The van der Waals surface area contributed by atoms with Crippen LogP contribution in [0.3, 0.4) is 0 Å². The standard InChI is InChI=1S/C22H25N3OS2/c26-20(13-7-4-10-17-14-15-27-28-17)25-21(16-8-2-1-3-9-16)22-23-18-11-5-6-12-19(18)24-22/h1-3,5-6,8-9,11-12,17,21H,4,7,10,13-15H2,(H,23,24)(H,25,26)/t17-,21+/m1/s1. The van der Waals surface area contributed by atoms with Gasteiger partial charge in [-0.15, -0.1) is 0 Å². The van der Waals surface area contributed by atoms with Crippen LogP contribution in [0.5, 0.6) is 0 Å². The van der Waals surface area contributed by atoms with Crippen molar-refractivity contribution in [3.63, 3.8) is 0 Å². The Kier molecular flexibility index (Phi) is 6.60. The molecule has 146 valence electrons. The van der Waals surface area contributed by atoms with Gasteiger partial charge in [-0.25, -0.2) is 4.98 Å². The number of unbranched alkanes of at least 4 members (excludes halogenated alkanes) is 1. The average molecular weight is 412 g/mol. The minimum absolute atomic E-state index is 0.0859. The average Bonchev–Trinajstić information content (AvgIpc) is 3.39. The molecule has 28 heavy (non-hydrogen) atoms. The van der Waals surface area contributed by atoms with E-state index in [0.717, 1.165) is 40.5 Å². The molecule has 2 heterocycles. The third kappa shape index (κ3) is 4.92. The highest BCUT2D eigenvalue weighted by Gasteiger charge is 2.20. The predicted molar refractivity (Wildman–Crippen MR) is 119 cm³/mol. The Morgan fingerprint density at radius 1 is 1.14 bits per heavy atom. The summed E-state index contributed by atoms with van der Waals surface area (Å²) < 4.78 is 0. The van der Waals surface area contributed by atoms with E-state index in [-0.39, 0.29) is 11.9 Å². The van der Waals surface area contributed by atoms with E-state index in [1.807, 2.05) is 76.2 Å². The number of nitrogens with one attached hydrogen (secondary N) is 2. The van der Waals surface area contributed by atoms with Gasteiger partial charge in [0.1, 0.15) is 11.9 Å². The highest BCUT2D eigenvalue weighted by Crippen LogP contribution is 2.39. The number of aromatic amines is 1. The molecule has 0 bridgehead atoms. The first-order chi connectivity index (χ1) is 13.8. The summed E-state index contributed by atoms with van der Waals surface area (Å²) in [6.45, 7) is 0. The second-order valence-corrected chi connectivity index (χ2v) is 9.91. The van der Waals surface area contributed by atoms with Crippen molar-refractivity contribution >= 4 is 38.5 Å². The van der Waals surface area contributed by atoms with Gasteiger partial charge in [-0.05, 0) is 37.0 Å². The van der Waals surface area contributed by atoms with Gasteiger partial charge < -0.3 is 10.3 Å². The molecule has 1 aliphatic heterocycles. The molecule has 2 N–H and O–H groups in total. The first kappa shape index (κ1) is 19.4. The maximum atomic E-state index is 12.6. The number of carbonyl (C=O) groups excluding carboxylic acids is 1. The van der Waals surface area contributed by atoms with E-state index in [2.05, 4.69) is 10.3 Å². The monoisotopic (exact) mass is 411 g/mol. The summed E-state index contributed by atoms with van der Waals surface area (Å²) in [6.07, 6.45) is 5.15. The maximum absolute atomic E-state index is 12.6. The number of amides is 1. The Hall–Kier alpha value is -1.92. The van der Waals surface area contributed by atoms with E-state index in [0.29, 0.717) is 6.42 Å². The number of rotatable bonds is 8. The molecule has 1 fully saturated rings. The molecule has 0 spiro atoms. The lowest BCUT2D eigenvalue weighted by molar-refractivity contribution is -0.121. The van der Waals surface area contributed by atoms with Gasteiger partial charge in [0, 0.05) is 17.4 Å². The number of hydrogen-bond donors (Lipinski definition) is 2. The summed E-state index contributed by atoms with van der Waals surface area (Å²) in [5.74, 6) is 2.13. The quantitative estimate of drug-likeness (QED) is 0.380. The lowest BCUT2D eigenvalue weighted by atomic mass is 10.1. The largest absolute Gasteiger partial charge is 0.342 e. The summed E-state index contributed by atoms with van der Waals surface area (Å²) >= 11 is 0. The Morgan fingerprint density at radius 3 is 2.75 bits per heavy atom. The normalized spacial score (nSPS) is 17.6. The van der Waals surface area contributed by atoms with Crippen molar-refractivity contribution in [2.75, 3.05) is 5.75 Å².